The van der Waals surface area contributed by atoms with Crippen molar-refractivity contribution in [3.8, 4) is 0 Å². The summed E-state index contributed by atoms with van der Waals surface area (Å²) in [6.45, 7) is 7.53. The first-order chi connectivity index (χ1) is 6.77. The van der Waals surface area contributed by atoms with E-state index in [9.17, 15) is 0 Å². The summed E-state index contributed by atoms with van der Waals surface area (Å²) in [4.78, 5) is 0. The van der Waals surface area contributed by atoms with Gasteiger partial charge in [0.05, 0.1) is 0 Å². The van der Waals surface area contributed by atoms with Gasteiger partial charge >= 0.3 is 0 Å². The van der Waals surface area contributed by atoms with Gasteiger partial charge in [0, 0.05) is 12.2 Å². The monoisotopic (exact) mass is 191 g/mol. The smallest absolute Gasteiger partial charge is 0.0372 e. The summed E-state index contributed by atoms with van der Waals surface area (Å²) in [7, 11) is 0. The Hall–Kier alpha value is -0.980. The average Bonchev–Trinajstić information content (AvgIpc) is 2.19. The normalized spacial score (nSPS) is 13.4. The Bertz CT molecular complexity index is 279. The zero-order valence-electron chi connectivity index (χ0n) is 9.56. The van der Waals surface area contributed by atoms with Crippen LogP contribution in [0.1, 0.15) is 37.8 Å². The third-order valence-electron chi connectivity index (χ3n) is 2.20. The fourth-order valence-electron chi connectivity index (χ4n) is 1.60. The lowest BCUT2D eigenvalue weighted by atomic mass is 10.0. The summed E-state index contributed by atoms with van der Waals surface area (Å²) in [5, 5.41) is 3.39. The lowest BCUT2D eigenvalue weighted by molar-refractivity contribution is 0.829. The number of hydrogen-bond donors (Lipinski definition) is 1. The van der Waals surface area contributed by atoms with Crippen LogP contribution in [0.15, 0.2) is 18.2 Å². The van der Waals surface area contributed by atoms with Crippen molar-refractivity contribution in [1.29, 1.82) is 0 Å². The maximum absolute atomic E-state index is 3.39. The summed E-state index contributed by atoms with van der Waals surface area (Å²) < 4.78 is 0. The zero-order valence-corrected chi connectivity index (χ0v) is 9.56. The molecule has 0 unspecified atom stereocenters. The van der Waals surface area contributed by atoms with E-state index in [-0.39, 0.29) is 0 Å². The minimum atomic E-state index is 1.13. The molecule has 1 aliphatic heterocycles. The van der Waals surface area contributed by atoms with E-state index in [1.807, 2.05) is 0 Å². The molecule has 0 spiro atoms. The van der Waals surface area contributed by atoms with Crippen molar-refractivity contribution in [2.75, 3.05) is 11.9 Å². The Morgan fingerprint density at radius 1 is 1.29 bits per heavy atom. The van der Waals surface area contributed by atoms with Crippen LogP contribution in [-0.4, -0.2) is 6.54 Å². The highest BCUT2D eigenvalue weighted by Gasteiger charge is 2.06. The van der Waals surface area contributed by atoms with Crippen LogP contribution >= 0.6 is 0 Å². The van der Waals surface area contributed by atoms with Gasteiger partial charge in [-0.2, -0.15) is 0 Å². The standard InChI is InChI=1S/C10H13N.C3H8/c1-8-4-5-10-9(7-8)3-2-6-11-10;1-3-2/h4-5,7,11H,2-3,6H2,1H3;3H2,1-2H3. The minimum Gasteiger partial charge on any atom is -0.385 e. The Morgan fingerprint density at radius 2 is 2.00 bits per heavy atom. The number of benzene rings is 1. The largest absolute Gasteiger partial charge is 0.385 e. The molecule has 0 saturated carbocycles. The molecule has 1 aromatic rings. The lowest BCUT2D eigenvalue weighted by Gasteiger charge is -2.17. The van der Waals surface area contributed by atoms with E-state index in [0.717, 1.165) is 6.54 Å². The van der Waals surface area contributed by atoms with E-state index >= 15 is 0 Å². The van der Waals surface area contributed by atoms with Crippen LogP contribution < -0.4 is 5.32 Å². The van der Waals surface area contributed by atoms with Crippen LogP contribution in [0.5, 0.6) is 0 Å². The number of aryl methyl sites for hydroxylation is 2. The van der Waals surface area contributed by atoms with Crippen molar-refractivity contribution in [2.24, 2.45) is 0 Å². The number of anilines is 1. The second kappa shape index (κ2) is 5.69. The second-order valence-electron chi connectivity index (χ2n) is 3.90. The van der Waals surface area contributed by atoms with Crippen molar-refractivity contribution in [1.82, 2.24) is 0 Å². The van der Waals surface area contributed by atoms with Gasteiger partial charge in [-0.15, -0.1) is 0 Å². The van der Waals surface area contributed by atoms with Crippen LogP contribution in [0.4, 0.5) is 5.69 Å². The molecule has 2 rings (SSSR count). The number of nitrogens with one attached hydrogen (secondary N) is 1. The van der Waals surface area contributed by atoms with Gasteiger partial charge in [-0.05, 0) is 31.4 Å². The Kier molecular flexibility index (Phi) is 4.51. The molecular formula is C13H21N. The van der Waals surface area contributed by atoms with Gasteiger partial charge in [0.25, 0.3) is 0 Å². The van der Waals surface area contributed by atoms with Crippen LogP contribution in [0.2, 0.25) is 0 Å². The molecule has 1 aromatic carbocycles. The molecule has 78 valence electrons. The maximum atomic E-state index is 3.39. The van der Waals surface area contributed by atoms with Gasteiger partial charge in [-0.25, -0.2) is 0 Å². The second-order valence-corrected chi connectivity index (χ2v) is 3.90. The lowest BCUT2D eigenvalue weighted by Crippen LogP contribution is -2.11. The Labute approximate surface area is 87.5 Å². The van der Waals surface area contributed by atoms with E-state index in [1.54, 1.807) is 0 Å². The summed E-state index contributed by atoms with van der Waals surface area (Å²) in [6, 6.07) is 6.63. The van der Waals surface area contributed by atoms with Crippen LogP contribution in [0, 0.1) is 6.92 Å². The number of rotatable bonds is 0. The first-order valence-corrected chi connectivity index (χ1v) is 5.61. The van der Waals surface area contributed by atoms with E-state index in [1.165, 1.54) is 36.1 Å². The van der Waals surface area contributed by atoms with Gasteiger partial charge in [0.2, 0.25) is 0 Å². The fraction of sp³-hybridized carbons (Fsp3) is 0.538. The highest BCUT2D eigenvalue weighted by Crippen LogP contribution is 2.22. The van der Waals surface area contributed by atoms with E-state index < -0.39 is 0 Å². The third kappa shape index (κ3) is 3.06. The molecule has 0 amide bonds. The maximum Gasteiger partial charge on any atom is 0.0372 e. The topological polar surface area (TPSA) is 12.0 Å². The quantitative estimate of drug-likeness (QED) is 0.658. The molecule has 0 atom stereocenters. The van der Waals surface area contributed by atoms with Crippen molar-refractivity contribution in [3.05, 3.63) is 29.3 Å². The molecule has 14 heavy (non-hydrogen) atoms. The molecule has 1 nitrogen and oxygen atoms in total. The molecule has 1 aliphatic rings. The first kappa shape index (κ1) is 11.1. The predicted molar refractivity (Wildman–Crippen MR) is 64.0 cm³/mol. The van der Waals surface area contributed by atoms with Crippen LogP contribution in [-0.2, 0) is 6.42 Å². The molecule has 1 heterocycles. The zero-order chi connectivity index (χ0) is 10.4. The number of hydrogen-bond acceptors (Lipinski definition) is 1. The summed E-state index contributed by atoms with van der Waals surface area (Å²) in [6.07, 6.45) is 3.76. The molecule has 1 N–H and O–H groups in total. The SMILES string of the molecule is CCC.Cc1ccc2c(c1)CCCN2. The van der Waals surface area contributed by atoms with Crippen molar-refractivity contribution in [3.63, 3.8) is 0 Å². The summed E-state index contributed by atoms with van der Waals surface area (Å²) in [5.41, 5.74) is 4.19. The van der Waals surface area contributed by atoms with Crippen LogP contribution in [0.25, 0.3) is 0 Å². The van der Waals surface area contributed by atoms with Crippen molar-refractivity contribution >= 4 is 5.69 Å². The van der Waals surface area contributed by atoms with Gasteiger partial charge in [-0.3, -0.25) is 0 Å². The average molecular weight is 191 g/mol. The van der Waals surface area contributed by atoms with E-state index in [4.69, 9.17) is 0 Å². The molecule has 0 fully saturated rings. The van der Waals surface area contributed by atoms with Gasteiger partial charge < -0.3 is 5.32 Å². The minimum absolute atomic E-state index is 1.13. The van der Waals surface area contributed by atoms with Gasteiger partial charge in [0.15, 0.2) is 0 Å². The molecule has 1 heteroatoms. The Balaban J connectivity index is 0.000000293. The van der Waals surface area contributed by atoms with Gasteiger partial charge in [-0.1, -0.05) is 38.0 Å². The van der Waals surface area contributed by atoms with Gasteiger partial charge in [0.1, 0.15) is 0 Å². The molecular weight excluding hydrogens is 170 g/mol. The fourth-order valence-corrected chi connectivity index (χ4v) is 1.60. The Morgan fingerprint density at radius 3 is 2.71 bits per heavy atom. The summed E-state index contributed by atoms with van der Waals surface area (Å²) >= 11 is 0. The van der Waals surface area contributed by atoms with Crippen molar-refractivity contribution < 1.29 is 0 Å². The highest BCUT2D eigenvalue weighted by atomic mass is 14.9. The van der Waals surface area contributed by atoms with Crippen LogP contribution in [0.3, 0.4) is 0 Å². The third-order valence-corrected chi connectivity index (χ3v) is 2.20. The molecule has 0 radical (unpaired) electrons. The molecule has 0 saturated heterocycles. The first-order valence-electron chi connectivity index (χ1n) is 5.61. The molecule has 0 aromatic heterocycles. The van der Waals surface area contributed by atoms with Crippen molar-refractivity contribution in [2.45, 2.75) is 40.0 Å². The molecule has 0 bridgehead atoms. The van der Waals surface area contributed by atoms with E-state index in [0.29, 0.717) is 0 Å². The summed E-state index contributed by atoms with van der Waals surface area (Å²) in [5.74, 6) is 0. The highest BCUT2D eigenvalue weighted by molar-refractivity contribution is 5.54. The number of fused-ring (bicyclic) bond motifs is 1. The van der Waals surface area contributed by atoms with E-state index in [2.05, 4.69) is 44.3 Å². The predicted octanol–water partition coefficient (Wildman–Crippen LogP) is 3.77. The molecule has 0 aliphatic carbocycles.